The molecule has 1 amide bonds. The van der Waals surface area contributed by atoms with Crippen molar-refractivity contribution in [2.75, 3.05) is 6.61 Å². The third-order valence-electron chi connectivity index (χ3n) is 5.08. The Balaban J connectivity index is 2.18. The summed E-state index contributed by atoms with van der Waals surface area (Å²) in [6.45, 7) is 4.42. The molecule has 0 aliphatic carbocycles. The van der Waals surface area contributed by atoms with Crippen LogP contribution in [0.5, 0.6) is 5.75 Å². The topological polar surface area (TPSA) is 162 Å². The van der Waals surface area contributed by atoms with Gasteiger partial charge in [-0.3, -0.25) is 13.9 Å². The van der Waals surface area contributed by atoms with Gasteiger partial charge in [0.1, 0.15) is 15.5 Å². The van der Waals surface area contributed by atoms with Crippen molar-refractivity contribution >= 4 is 65.2 Å². The van der Waals surface area contributed by atoms with Crippen LogP contribution in [0.25, 0.3) is 32.3 Å². The Bertz CT molecular complexity index is 1650. The van der Waals surface area contributed by atoms with E-state index in [1.165, 1.54) is 18.2 Å². The summed E-state index contributed by atoms with van der Waals surface area (Å²) in [5.74, 6) is -0.409. The highest BCUT2D eigenvalue weighted by atomic mass is 32.2. The van der Waals surface area contributed by atoms with E-state index in [0.29, 0.717) is 21.7 Å². The van der Waals surface area contributed by atoms with E-state index in [4.69, 9.17) is 4.74 Å². The number of benzene rings is 4. The van der Waals surface area contributed by atoms with Crippen LogP contribution in [0.3, 0.4) is 0 Å². The number of carbonyl (C=O) groups excluding carboxylic acids is 1. The minimum absolute atomic E-state index is 0.0616. The molecule has 0 atom stereocenters. The molecule has 0 bridgehead atoms. The van der Waals surface area contributed by atoms with Gasteiger partial charge in [0.05, 0.1) is 4.79 Å². The monoisotopic (exact) mass is 475 g/mol. The molecule has 32 heavy (non-hydrogen) atoms. The average molecular weight is 475 g/mol. The van der Waals surface area contributed by atoms with Crippen molar-refractivity contribution in [3.8, 4) is 5.75 Å². The van der Waals surface area contributed by atoms with E-state index >= 15 is 0 Å². The van der Waals surface area contributed by atoms with Gasteiger partial charge in [-0.25, -0.2) is 0 Å². The molecule has 2 N–H and O–H groups in total. The molecule has 4 rings (SSSR count). The van der Waals surface area contributed by atoms with Crippen LogP contribution in [0, 0.1) is 6.92 Å². The fourth-order valence-electron chi connectivity index (χ4n) is 3.86. The maximum atomic E-state index is 12.0. The summed E-state index contributed by atoms with van der Waals surface area (Å²) in [6, 6.07) is 8.40. The van der Waals surface area contributed by atoms with Crippen molar-refractivity contribution in [1.82, 2.24) is 0 Å². The molecule has 0 spiro atoms. The minimum atomic E-state index is -4.84. The molecule has 0 aliphatic heterocycles. The first kappa shape index (κ1) is 21.8. The van der Waals surface area contributed by atoms with Gasteiger partial charge in [0, 0.05) is 26.9 Å². The van der Waals surface area contributed by atoms with Gasteiger partial charge in [0.25, 0.3) is 27.0 Å². The third-order valence-corrected chi connectivity index (χ3v) is 6.87. The number of carbonyl (C=O) groups is 1. The van der Waals surface area contributed by atoms with Crippen LogP contribution >= 0.6 is 0 Å². The summed E-state index contributed by atoms with van der Waals surface area (Å²) in [7, 11) is -9.68. The lowest BCUT2D eigenvalue weighted by Crippen LogP contribution is -2.09. The summed E-state index contributed by atoms with van der Waals surface area (Å²) >= 11 is 0. The fraction of sp³-hybridized carbons (Fsp3) is 0.100. The van der Waals surface area contributed by atoms with Gasteiger partial charge in [-0.15, -0.1) is 0 Å². The SMILES string of the molecule is C=[N+]=NC(=O)COc1cc(C)c2ccc3c(S(=O)(=O)O)cc(S(=O)(=O)O)c4ccc1c2c34. The highest BCUT2D eigenvalue weighted by Crippen LogP contribution is 2.44. The summed E-state index contributed by atoms with van der Waals surface area (Å²) in [4.78, 5) is 13.5. The Kier molecular flexibility index (Phi) is 4.99. The molecule has 4 aromatic carbocycles. The third kappa shape index (κ3) is 3.49. The second-order valence-electron chi connectivity index (χ2n) is 7.01. The first-order valence-corrected chi connectivity index (χ1v) is 11.8. The highest BCUT2D eigenvalue weighted by Gasteiger charge is 2.26. The quantitative estimate of drug-likeness (QED) is 0.146. The zero-order valence-electron chi connectivity index (χ0n) is 16.4. The Morgan fingerprint density at radius 3 is 1.97 bits per heavy atom. The summed E-state index contributed by atoms with van der Waals surface area (Å²) in [6.07, 6.45) is 0. The van der Waals surface area contributed by atoms with E-state index in [0.717, 1.165) is 6.07 Å². The number of ether oxygens (including phenoxy) is 1. The van der Waals surface area contributed by atoms with Gasteiger partial charge in [-0.05, 0) is 36.1 Å². The number of hydrogen-bond acceptors (Lipinski definition) is 6. The van der Waals surface area contributed by atoms with E-state index in [9.17, 15) is 30.7 Å². The number of rotatable bonds is 5. The Morgan fingerprint density at radius 1 is 0.938 bits per heavy atom. The molecule has 12 heteroatoms. The van der Waals surface area contributed by atoms with Gasteiger partial charge < -0.3 is 4.74 Å². The summed E-state index contributed by atoms with van der Waals surface area (Å²) in [5, 5.41) is 5.13. The van der Waals surface area contributed by atoms with E-state index < -0.39 is 42.5 Å². The lowest BCUT2D eigenvalue weighted by molar-refractivity contribution is -0.141. The van der Waals surface area contributed by atoms with Crippen LogP contribution in [0.4, 0.5) is 0 Å². The molecule has 4 aromatic rings. The average Bonchev–Trinajstić information content (AvgIpc) is 2.69. The predicted octanol–water partition coefficient (Wildman–Crippen LogP) is 2.65. The van der Waals surface area contributed by atoms with E-state index in [1.807, 2.05) is 0 Å². The van der Waals surface area contributed by atoms with Crippen LogP contribution in [-0.2, 0) is 25.0 Å². The second kappa shape index (κ2) is 7.33. The number of nitrogens with zero attached hydrogens (tertiary/aromatic N) is 2. The standard InChI is InChI=1S/C20H14N2O8S2/c1-10-7-15(30-9-18(23)22-21-2)12-4-6-14-17(32(27,28)29)8-16(31(24,25)26)13-5-3-11(10)19(12)20(13)14/h3-8H,2,9H2,1H3,(H-,24,25,26,27,28,29)/p+1. The van der Waals surface area contributed by atoms with Crippen LogP contribution < -0.4 is 4.74 Å². The molecule has 0 unspecified atom stereocenters. The summed E-state index contributed by atoms with van der Waals surface area (Å²) in [5.41, 5.74) is 0.693. The smallest absolute Gasteiger partial charge is 0.363 e. The van der Waals surface area contributed by atoms with E-state index in [2.05, 4.69) is 16.6 Å². The van der Waals surface area contributed by atoms with Crippen LogP contribution in [0.15, 0.2) is 51.3 Å². The molecular formula is C20H15N2O8S2+. The largest absolute Gasteiger partial charge is 0.483 e. The molecule has 0 aliphatic rings. The zero-order valence-corrected chi connectivity index (χ0v) is 18.1. The molecule has 0 heterocycles. The maximum absolute atomic E-state index is 12.0. The predicted molar refractivity (Wildman–Crippen MR) is 115 cm³/mol. The van der Waals surface area contributed by atoms with Crippen molar-refractivity contribution in [2.24, 2.45) is 5.11 Å². The van der Waals surface area contributed by atoms with Gasteiger partial charge in [-0.2, -0.15) is 16.8 Å². The first-order valence-electron chi connectivity index (χ1n) is 8.96. The Morgan fingerprint density at radius 2 is 1.44 bits per heavy atom. The molecule has 10 nitrogen and oxygen atoms in total. The molecule has 0 radical (unpaired) electrons. The van der Waals surface area contributed by atoms with Crippen molar-refractivity contribution in [3.63, 3.8) is 0 Å². The number of aryl methyl sites for hydroxylation is 1. The van der Waals surface area contributed by atoms with Crippen molar-refractivity contribution < 1.29 is 40.3 Å². The maximum Gasteiger partial charge on any atom is 0.363 e. The second-order valence-corrected chi connectivity index (χ2v) is 9.79. The normalized spacial score (nSPS) is 12.3. The van der Waals surface area contributed by atoms with Crippen LogP contribution in [0.1, 0.15) is 5.56 Å². The van der Waals surface area contributed by atoms with Crippen LogP contribution in [-0.4, -0.2) is 50.0 Å². The lowest BCUT2D eigenvalue weighted by atomic mass is 9.91. The Hall–Kier alpha value is -3.41. The van der Waals surface area contributed by atoms with Gasteiger partial charge in [0.2, 0.25) is 0 Å². The molecule has 0 saturated heterocycles. The molecule has 0 aromatic heterocycles. The zero-order chi connectivity index (χ0) is 23.4. The van der Waals surface area contributed by atoms with E-state index in [1.54, 1.807) is 19.1 Å². The van der Waals surface area contributed by atoms with Gasteiger partial charge in [-0.1, -0.05) is 18.2 Å². The van der Waals surface area contributed by atoms with Gasteiger partial charge in [0.15, 0.2) is 11.7 Å². The molecule has 0 fully saturated rings. The highest BCUT2D eigenvalue weighted by molar-refractivity contribution is 7.87. The minimum Gasteiger partial charge on any atom is -0.483 e. The van der Waals surface area contributed by atoms with Crippen LogP contribution in [0.2, 0.25) is 0 Å². The fourth-order valence-corrected chi connectivity index (χ4v) is 5.36. The van der Waals surface area contributed by atoms with Crippen molar-refractivity contribution in [1.29, 1.82) is 0 Å². The number of hydrogen-bond donors (Lipinski definition) is 2. The molecule has 0 saturated carbocycles. The van der Waals surface area contributed by atoms with Gasteiger partial charge >= 0.3 is 5.91 Å². The Labute approximate surface area is 181 Å². The van der Waals surface area contributed by atoms with Crippen molar-refractivity contribution in [2.45, 2.75) is 16.7 Å². The lowest BCUT2D eigenvalue weighted by Gasteiger charge is -2.18. The molecule has 164 valence electrons. The van der Waals surface area contributed by atoms with Crippen molar-refractivity contribution in [3.05, 3.63) is 42.0 Å². The molecular weight excluding hydrogens is 460 g/mol. The number of amides is 1. The summed E-state index contributed by atoms with van der Waals surface area (Å²) < 4.78 is 73.1. The van der Waals surface area contributed by atoms with E-state index in [-0.39, 0.29) is 21.9 Å². The first-order chi connectivity index (χ1) is 14.9.